The van der Waals surface area contributed by atoms with E-state index in [4.69, 9.17) is 4.42 Å². The van der Waals surface area contributed by atoms with E-state index < -0.39 is 11.4 Å². The van der Waals surface area contributed by atoms with Crippen LogP contribution in [0, 0.1) is 0 Å². The van der Waals surface area contributed by atoms with E-state index in [1.807, 2.05) is 6.07 Å². The Morgan fingerprint density at radius 2 is 2.14 bits per heavy atom. The summed E-state index contributed by atoms with van der Waals surface area (Å²) >= 11 is 0. The Morgan fingerprint density at radius 3 is 2.90 bits per heavy atom. The van der Waals surface area contributed by atoms with Gasteiger partial charge in [-0.25, -0.2) is 4.79 Å². The van der Waals surface area contributed by atoms with Crippen LogP contribution in [0.1, 0.15) is 15.9 Å². The third kappa shape index (κ3) is 2.67. The van der Waals surface area contributed by atoms with Gasteiger partial charge in [-0.2, -0.15) is 5.10 Å². The third-order valence-corrected chi connectivity index (χ3v) is 3.06. The van der Waals surface area contributed by atoms with E-state index in [2.05, 4.69) is 5.10 Å². The lowest BCUT2D eigenvalue weighted by molar-refractivity contribution is 0.104. The highest BCUT2D eigenvalue weighted by atomic mass is 16.4. The summed E-state index contributed by atoms with van der Waals surface area (Å²) in [4.78, 5) is 24.0. The summed E-state index contributed by atoms with van der Waals surface area (Å²) in [7, 11) is 1.79. The molecule has 0 amide bonds. The lowest BCUT2D eigenvalue weighted by atomic mass is 10.1. The number of benzene rings is 1. The highest BCUT2D eigenvalue weighted by Crippen LogP contribution is 2.13. The minimum atomic E-state index is -0.630. The van der Waals surface area contributed by atoms with Crippen LogP contribution in [0.3, 0.4) is 0 Å². The molecule has 3 aromatic rings. The molecular formula is C16H12N2O3. The molecule has 5 nitrogen and oxygen atoms in total. The van der Waals surface area contributed by atoms with Gasteiger partial charge in [0.05, 0.1) is 6.20 Å². The Labute approximate surface area is 120 Å². The van der Waals surface area contributed by atoms with Crippen molar-refractivity contribution in [1.29, 1.82) is 0 Å². The molecule has 0 aliphatic carbocycles. The van der Waals surface area contributed by atoms with Gasteiger partial charge in [-0.15, -0.1) is 0 Å². The quantitative estimate of drug-likeness (QED) is 0.420. The summed E-state index contributed by atoms with van der Waals surface area (Å²) < 4.78 is 6.78. The van der Waals surface area contributed by atoms with E-state index in [-0.39, 0.29) is 5.56 Å². The molecule has 0 aliphatic rings. The summed E-state index contributed by atoms with van der Waals surface area (Å²) in [6, 6.07) is 8.63. The Kier molecular flexibility index (Phi) is 3.23. The van der Waals surface area contributed by atoms with E-state index in [1.54, 1.807) is 54.5 Å². The SMILES string of the molecule is Cn1cc(C=CC(=O)c2cc3ccccc3oc2=O)cn1. The zero-order chi connectivity index (χ0) is 14.8. The van der Waals surface area contributed by atoms with Gasteiger partial charge in [-0.3, -0.25) is 9.48 Å². The number of aromatic nitrogens is 2. The van der Waals surface area contributed by atoms with Crippen molar-refractivity contribution in [2.75, 3.05) is 0 Å². The summed E-state index contributed by atoms with van der Waals surface area (Å²) in [5.74, 6) is -0.390. The van der Waals surface area contributed by atoms with Gasteiger partial charge in [-0.1, -0.05) is 18.2 Å². The lowest BCUT2D eigenvalue weighted by Gasteiger charge is -1.98. The van der Waals surface area contributed by atoms with E-state index >= 15 is 0 Å². The van der Waals surface area contributed by atoms with E-state index in [0.29, 0.717) is 5.58 Å². The van der Waals surface area contributed by atoms with Crippen molar-refractivity contribution in [2.24, 2.45) is 7.05 Å². The van der Waals surface area contributed by atoms with Crippen molar-refractivity contribution >= 4 is 22.8 Å². The van der Waals surface area contributed by atoms with Gasteiger partial charge in [0.25, 0.3) is 0 Å². The monoisotopic (exact) mass is 280 g/mol. The van der Waals surface area contributed by atoms with Gasteiger partial charge >= 0.3 is 5.63 Å². The zero-order valence-corrected chi connectivity index (χ0v) is 11.3. The molecule has 0 unspecified atom stereocenters. The number of allylic oxidation sites excluding steroid dienone is 1. The first-order valence-electron chi connectivity index (χ1n) is 6.37. The molecule has 5 heteroatoms. The second kappa shape index (κ2) is 5.20. The minimum absolute atomic E-state index is 0.0221. The van der Waals surface area contributed by atoms with Crippen LogP contribution in [-0.4, -0.2) is 15.6 Å². The number of fused-ring (bicyclic) bond motifs is 1. The topological polar surface area (TPSA) is 65.1 Å². The number of rotatable bonds is 3. The number of hydrogen-bond acceptors (Lipinski definition) is 4. The van der Waals surface area contributed by atoms with Crippen LogP contribution in [-0.2, 0) is 7.05 Å². The van der Waals surface area contributed by atoms with Crippen molar-refractivity contribution in [3.63, 3.8) is 0 Å². The summed E-state index contributed by atoms with van der Waals surface area (Å²) in [6.07, 6.45) is 6.36. The van der Waals surface area contributed by atoms with Crippen LogP contribution in [0.25, 0.3) is 17.0 Å². The molecule has 3 rings (SSSR count). The standard InChI is InChI=1S/C16H12N2O3/c1-18-10-11(9-17-18)6-7-14(19)13-8-12-4-2-3-5-15(12)21-16(13)20/h2-10H,1H3. The van der Waals surface area contributed by atoms with Gasteiger partial charge in [0.1, 0.15) is 11.1 Å². The molecule has 104 valence electrons. The second-order valence-electron chi connectivity index (χ2n) is 4.63. The molecule has 0 spiro atoms. The predicted octanol–water partition coefficient (Wildman–Crippen LogP) is 2.42. The van der Waals surface area contributed by atoms with Crippen molar-refractivity contribution < 1.29 is 9.21 Å². The number of aryl methyl sites for hydroxylation is 1. The van der Waals surface area contributed by atoms with Gasteiger partial charge in [-0.05, 0) is 24.3 Å². The van der Waals surface area contributed by atoms with Crippen LogP contribution in [0.5, 0.6) is 0 Å². The van der Waals surface area contributed by atoms with Crippen molar-refractivity contribution in [3.05, 3.63) is 70.3 Å². The first-order chi connectivity index (χ1) is 10.1. The number of nitrogens with zero attached hydrogens (tertiary/aromatic N) is 2. The molecule has 1 aromatic carbocycles. The molecule has 0 fully saturated rings. The fraction of sp³-hybridized carbons (Fsp3) is 0.0625. The van der Waals surface area contributed by atoms with Crippen molar-refractivity contribution in [1.82, 2.24) is 9.78 Å². The maximum Gasteiger partial charge on any atom is 0.347 e. The smallest absolute Gasteiger partial charge is 0.347 e. The predicted molar refractivity (Wildman–Crippen MR) is 79.1 cm³/mol. The molecule has 0 saturated carbocycles. The first kappa shape index (κ1) is 13.1. The Balaban J connectivity index is 1.96. The Bertz CT molecular complexity index is 903. The maximum absolute atomic E-state index is 12.1. The largest absolute Gasteiger partial charge is 0.422 e. The first-order valence-corrected chi connectivity index (χ1v) is 6.37. The molecule has 0 radical (unpaired) electrons. The fourth-order valence-electron chi connectivity index (χ4n) is 2.02. The van der Waals surface area contributed by atoms with Crippen LogP contribution in [0.4, 0.5) is 0 Å². The fourth-order valence-corrected chi connectivity index (χ4v) is 2.02. The van der Waals surface area contributed by atoms with Crippen molar-refractivity contribution in [3.8, 4) is 0 Å². The van der Waals surface area contributed by atoms with Crippen LogP contribution in [0.15, 0.2) is 58.0 Å². The Hall–Kier alpha value is -2.95. The van der Waals surface area contributed by atoms with E-state index in [9.17, 15) is 9.59 Å². The maximum atomic E-state index is 12.1. The van der Waals surface area contributed by atoms with Gasteiger partial charge in [0, 0.05) is 24.2 Å². The van der Waals surface area contributed by atoms with Gasteiger partial charge < -0.3 is 4.42 Å². The minimum Gasteiger partial charge on any atom is -0.422 e. The zero-order valence-electron chi connectivity index (χ0n) is 11.3. The number of carbonyl (C=O) groups is 1. The summed E-state index contributed by atoms with van der Waals surface area (Å²) in [5.41, 5.74) is 0.648. The average Bonchev–Trinajstić information content (AvgIpc) is 2.89. The third-order valence-electron chi connectivity index (χ3n) is 3.06. The van der Waals surface area contributed by atoms with Crippen LogP contribution >= 0.6 is 0 Å². The second-order valence-corrected chi connectivity index (χ2v) is 4.63. The molecule has 2 aromatic heterocycles. The molecule has 0 N–H and O–H groups in total. The molecule has 2 heterocycles. The number of para-hydroxylation sites is 1. The van der Waals surface area contributed by atoms with Crippen molar-refractivity contribution in [2.45, 2.75) is 0 Å². The number of hydrogen-bond donors (Lipinski definition) is 0. The van der Waals surface area contributed by atoms with Crippen LogP contribution in [0.2, 0.25) is 0 Å². The van der Waals surface area contributed by atoms with Gasteiger partial charge in [0.2, 0.25) is 0 Å². The molecule has 0 aliphatic heterocycles. The molecule has 0 bridgehead atoms. The molecular weight excluding hydrogens is 268 g/mol. The highest BCUT2D eigenvalue weighted by molar-refractivity contribution is 6.07. The average molecular weight is 280 g/mol. The van der Waals surface area contributed by atoms with Crippen LogP contribution < -0.4 is 5.63 Å². The lowest BCUT2D eigenvalue weighted by Crippen LogP contribution is -2.11. The number of ketones is 1. The van der Waals surface area contributed by atoms with Gasteiger partial charge in [0.15, 0.2) is 5.78 Å². The Morgan fingerprint density at radius 1 is 1.33 bits per heavy atom. The number of carbonyl (C=O) groups excluding carboxylic acids is 1. The van der Waals surface area contributed by atoms with E-state index in [0.717, 1.165) is 10.9 Å². The molecule has 21 heavy (non-hydrogen) atoms. The van der Waals surface area contributed by atoms with E-state index in [1.165, 1.54) is 6.08 Å². The summed E-state index contributed by atoms with van der Waals surface area (Å²) in [6.45, 7) is 0. The normalized spacial score (nSPS) is 11.3. The summed E-state index contributed by atoms with van der Waals surface area (Å²) in [5, 5.41) is 4.72. The highest BCUT2D eigenvalue weighted by Gasteiger charge is 2.10. The molecule has 0 atom stereocenters. The molecule has 0 saturated heterocycles.